The number of hydrogen-bond donors (Lipinski definition) is 1. The first kappa shape index (κ1) is 8.99. The topological polar surface area (TPSA) is 65.2 Å². The molecule has 1 heterocycles. The van der Waals surface area contributed by atoms with Crippen LogP contribution in [0.1, 0.15) is 23.2 Å². The number of esters is 1. The molecule has 0 saturated heterocycles. The number of anilines is 1. The fraction of sp³-hybridized carbons (Fsp3) is 0.400. The van der Waals surface area contributed by atoms with Crippen LogP contribution in [0.3, 0.4) is 0 Å². The SMILES string of the molecule is Nc1cc(C(=O)OCC2CC2)ccn1. The average molecular weight is 192 g/mol. The van der Waals surface area contributed by atoms with Crippen LogP contribution >= 0.6 is 0 Å². The fourth-order valence-electron chi connectivity index (χ4n) is 1.14. The quantitative estimate of drug-likeness (QED) is 0.731. The Morgan fingerprint density at radius 1 is 1.64 bits per heavy atom. The lowest BCUT2D eigenvalue weighted by Crippen LogP contribution is -2.08. The van der Waals surface area contributed by atoms with E-state index in [1.165, 1.54) is 25.1 Å². The van der Waals surface area contributed by atoms with Gasteiger partial charge in [-0.05, 0) is 30.9 Å². The van der Waals surface area contributed by atoms with Crippen molar-refractivity contribution < 1.29 is 9.53 Å². The van der Waals surface area contributed by atoms with Crippen molar-refractivity contribution in [1.82, 2.24) is 4.98 Å². The number of ether oxygens (including phenoxy) is 1. The van der Waals surface area contributed by atoms with E-state index in [2.05, 4.69) is 4.98 Å². The molecule has 0 bridgehead atoms. The number of carbonyl (C=O) groups is 1. The van der Waals surface area contributed by atoms with Crippen molar-refractivity contribution in [3.63, 3.8) is 0 Å². The molecular weight excluding hydrogens is 180 g/mol. The first-order valence-corrected chi connectivity index (χ1v) is 4.64. The minimum absolute atomic E-state index is 0.314. The molecule has 0 radical (unpaired) electrons. The van der Waals surface area contributed by atoms with Gasteiger partial charge in [0, 0.05) is 6.20 Å². The highest BCUT2D eigenvalue weighted by molar-refractivity contribution is 5.89. The molecule has 0 aliphatic heterocycles. The number of carbonyl (C=O) groups excluding carboxylic acids is 1. The molecule has 74 valence electrons. The van der Waals surface area contributed by atoms with E-state index in [9.17, 15) is 4.79 Å². The molecular formula is C10H12N2O2. The second kappa shape index (κ2) is 3.65. The van der Waals surface area contributed by atoms with Gasteiger partial charge in [-0.2, -0.15) is 0 Å². The lowest BCUT2D eigenvalue weighted by molar-refractivity contribution is 0.0486. The molecule has 2 rings (SSSR count). The summed E-state index contributed by atoms with van der Waals surface area (Å²) in [7, 11) is 0. The number of nitrogen functional groups attached to an aromatic ring is 1. The van der Waals surface area contributed by atoms with E-state index in [0.717, 1.165) is 0 Å². The number of rotatable bonds is 3. The van der Waals surface area contributed by atoms with Crippen LogP contribution in [0.25, 0.3) is 0 Å². The Hall–Kier alpha value is -1.58. The predicted molar refractivity (Wildman–Crippen MR) is 51.7 cm³/mol. The summed E-state index contributed by atoms with van der Waals surface area (Å²) in [6.45, 7) is 0.529. The summed E-state index contributed by atoms with van der Waals surface area (Å²) in [6.07, 6.45) is 3.85. The third-order valence-electron chi connectivity index (χ3n) is 2.16. The molecule has 1 aliphatic rings. The van der Waals surface area contributed by atoms with Crippen LogP contribution in [-0.2, 0) is 4.74 Å². The van der Waals surface area contributed by atoms with Gasteiger partial charge in [0.15, 0.2) is 0 Å². The van der Waals surface area contributed by atoms with Crippen LogP contribution in [0.15, 0.2) is 18.3 Å². The maximum Gasteiger partial charge on any atom is 0.338 e. The standard InChI is InChI=1S/C10H12N2O2/c11-9-5-8(3-4-12-9)10(13)14-6-7-1-2-7/h3-5,7H,1-2,6H2,(H2,11,12). The summed E-state index contributed by atoms with van der Waals surface area (Å²) in [6, 6.07) is 3.13. The van der Waals surface area contributed by atoms with Gasteiger partial charge in [-0.3, -0.25) is 0 Å². The average Bonchev–Trinajstić information content (AvgIpc) is 2.97. The molecule has 4 nitrogen and oxygen atoms in total. The number of pyridine rings is 1. The molecule has 1 aliphatic carbocycles. The van der Waals surface area contributed by atoms with Gasteiger partial charge in [0.2, 0.25) is 0 Å². The smallest absolute Gasteiger partial charge is 0.338 e. The van der Waals surface area contributed by atoms with Gasteiger partial charge >= 0.3 is 5.97 Å². The molecule has 4 heteroatoms. The second-order valence-electron chi connectivity index (χ2n) is 3.51. The van der Waals surface area contributed by atoms with Gasteiger partial charge < -0.3 is 10.5 Å². The molecule has 14 heavy (non-hydrogen) atoms. The van der Waals surface area contributed by atoms with Crippen molar-refractivity contribution in [3.8, 4) is 0 Å². The highest BCUT2D eigenvalue weighted by Crippen LogP contribution is 2.29. The summed E-state index contributed by atoms with van der Waals surface area (Å²) in [5, 5.41) is 0. The minimum Gasteiger partial charge on any atom is -0.462 e. The summed E-state index contributed by atoms with van der Waals surface area (Å²) in [5.41, 5.74) is 5.92. The lowest BCUT2D eigenvalue weighted by Gasteiger charge is -2.03. The zero-order chi connectivity index (χ0) is 9.97. The molecule has 2 N–H and O–H groups in total. The maximum absolute atomic E-state index is 11.4. The number of aromatic nitrogens is 1. The van der Waals surface area contributed by atoms with Crippen molar-refractivity contribution in [2.24, 2.45) is 5.92 Å². The van der Waals surface area contributed by atoms with E-state index < -0.39 is 0 Å². The van der Waals surface area contributed by atoms with Crippen molar-refractivity contribution in [2.45, 2.75) is 12.8 Å². The first-order valence-electron chi connectivity index (χ1n) is 4.64. The van der Waals surface area contributed by atoms with Crippen molar-refractivity contribution in [2.75, 3.05) is 12.3 Å². The van der Waals surface area contributed by atoms with E-state index in [1.807, 2.05) is 0 Å². The Balaban J connectivity index is 1.95. The Morgan fingerprint density at radius 3 is 3.07 bits per heavy atom. The van der Waals surface area contributed by atoms with Crippen molar-refractivity contribution >= 4 is 11.8 Å². The summed E-state index contributed by atoms with van der Waals surface area (Å²) >= 11 is 0. The Kier molecular flexibility index (Phi) is 2.35. The third-order valence-corrected chi connectivity index (χ3v) is 2.16. The first-order chi connectivity index (χ1) is 6.75. The van der Waals surface area contributed by atoms with Gasteiger partial charge in [0.1, 0.15) is 5.82 Å². The summed E-state index contributed by atoms with van der Waals surface area (Å²) in [5.74, 6) is 0.606. The van der Waals surface area contributed by atoms with Crippen molar-refractivity contribution in [3.05, 3.63) is 23.9 Å². The van der Waals surface area contributed by atoms with Gasteiger partial charge in [-0.1, -0.05) is 0 Å². The molecule has 1 aromatic rings. The second-order valence-corrected chi connectivity index (χ2v) is 3.51. The molecule has 1 aromatic heterocycles. The van der Waals surface area contributed by atoms with Gasteiger partial charge in [-0.25, -0.2) is 9.78 Å². The highest BCUT2D eigenvalue weighted by atomic mass is 16.5. The van der Waals surface area contributed by atoms with E-state index in [1.54, 1.807) is 6.07 Å². The van der Waals surface area contributed by atoms with Gasteiger partial charge in [-0.15, -0.1) is 0 Å². The van der Waals surface area contributed by atoms with Gasteiger partial charge in [0.05, 0.1) is 12.2 Å². The largest absolute Gasteiger partial charge is 0.462 e. The summed E-state index contributed by atoms with van der Waals surface area (Å²) < 4.78 is 5.08. The van der Waals surface area contributed by atoms with Crippen LogP contribution < -0.4 is 5.73 Å². The lowest BCUT2D eigenvalue weighted by atomic mass is 10.2. The number of hydrogen-bond acceptors (Lipinski definition) is 4. The van der Waals surface area contributed by atoms with Crippen LogP contribution in [-0.4, -0.2) is 17.6 Å². The summed E-state index contributed by atoms with van der Waals surface area (Å²) in [4.78, 5) is 15.2. The molecule has 0 unspecified atom stereocenters. The minimum atomic E-state index is -0.314. The number of nitrogens with two attached hydrogens (primary N) is 1. The Morgan fingerprint density at radius 2 is 2.43 bits per heavy atom. The molecule has 1 saturated carbocycles. The fourth-order valence-corrected chi connectivity index (χ4v) is 1.14. The van der Waals surface area contributed by atoms with Crippen LogP contribution in [0, 0.1) is 5.92 Å². The molecule has 0 amide bonds. The normalized spacial score (nSPS) is 15.1. The van der Waals surface area contributed by atoms with E-state index in [4.69, 9.17) is 10.5 Å². The van der Waals surface area contributed by atoms with Crippen molar-refractivity contribution in [1.29, 1.82) is 0 Å². The molecule has 0 aromatic carbocycles. The maximum atomic E-state index is 11.4. The molecule has 0 spiro atoms. The molecule has 1 fully saturated rings. The zero-order valence-electron chi connectivity index (χ0n) is 7.77. The van der Waals surface area contributed by atoms with E-state index in [-0.39, 0.29) is 5.97 Å². The Labute approximate surface area is 82.1 Å². The predicted octanol–water partition coefficient (Wildman–Crippen LogP) is 1.23. The highest BCUT2D eigenvalue weighted by Gasteiger charge is 2.23. The van der Waals surface area contributed by atoms with E-state index in [0.29, 0.717) is 23.9 Å². The van der Waals surface area contributed by atoms with Crippen LogP contribution in [0.4, 0.5) is 5.82 Å². The third kappa shape index (κ3) is 2.22. The van der Waals surface area contributed by atoms with Gasteiger partial charge in [0.25, 0.3) is 0 Å². The monoisotopic (exact) mass is 192 g/mol. The van der Waals surface area contributed by atoms with Crippen LogP contribution in [0.2, 0.25) is 0 Å². The molecule has 0 atom stereocenters. The number of nitrogens with zero attached hydrogens (tertiary/aromatic N) is 1. The van der Waals surface area contributed by atoms with Crippen LogP contribution in [0.5, 0.6) is 0 Å². The zero-order valence-corrected chi connectivity index (χ0v) is 7.77. The Bertz CT molecular complexity index is 348. The van der Waals surface area contributed by atoms with E-state index >= 15 is 0 Å².